The Morgan fingerprint density at radius 1 is 0.853 bits per heavy atom. The average molecular weight is 481 g/mol. The van der Waals surface area contributed by atoms with E-state index in [1.807, 2.05) is 13.8 Å². The molecule has 0 bridgehead atoms. The van der Waals surface area contributed by atoms with Gasteiger partial charge in [0, 0.05) is 5.41 Å². The lowest BCUT2D eigenvalue weighted by Crippen LogP contribution is -2.55. The number of allylic oxidation sites excluding steroid dienone is 2. The number of carboxylic acid groups (broad SMARTS) is 4. The zero-order valence-corrected chi connectivity index (χ0v) is 20.4. The van der Waals surface area contributed by atoms with Crippen LogP contribution in [0.3, 0.4) is 0 Å². The Morgan fingerprint density at radius 3 is 1.76 bits per heavy atom. The highest BCUT2D eigenvalue weighted by molar-refractivity contribution is 5.99. The Bertz CT molecular complexity index is 762. The Kier molecular flexibility index (Phi) is 10.5. The first kappa shape index (κ1) is 29.4. The molecule has 0 aromatic carbocycles. The van der Waals surface area contributed by atoms with Crippen molar-refractivity contribution in [2.24, 2.45) is 28.1 Å². The molecule has 2 aliphatic carbocycles. The van der Waals surface area contributed by atoms with Crippen molar-refractivity contribution >= 4 is 23.9 Å². The average Bonchev–Trinajstić information content (AvgIpc) is 2.79. The van der Waals surface area contributed by atoms with Crippen LogP contribution in [-0.4, -0.2) is 44.3 Å². The van der Waals surface area contributed by atoms with Crippen molar-refractivity contribution in [3.8, 4) is 0 Å². The number of aliphatic carboxylic acids is 4. The maximum Gasteiger partial charge on any atom is 0.321 e. The maximum absolute atomic E-state index is 11.6. The van der Waals surface area contributed by atoms with Gasteiger partial charge in [-0.25, -0.2) is 0 Å². The summed E-state index contributed by atoms with van der Waals surface area (Å²) in [6.45, 7) is 11.1. The molecular weight excluding hydrogens is 440 g/mol. The summed E-state index contributed by atoms with van der Waals surface area (Å²) < 4.78 is 0. The molecule has 0 spiro atoms. The molecule has 2 fully saturated rings. The van der Waals surface area contributed by atoms with Gasteiger partial charge in [0.2, 0.25) is 0 Å². The van der Waals surface area contributed by atoms with Gasteiger partial charge in [0.25, 0.3) is 0 Å². The minimum atomic E-state index is -1.71. The van der Waals surface area contributed by atoms with Gasteiger partial charge in [0.1, 0.15) is 0 Å². The van der Waals surface area contributed by atoms with Crippen molar-refractivity contribution in [2.75, 3.05) is 0 Å². The first-order valence-electron chi connectivity index (χ1n) is 12.1. The van der Waals surface area contributed by atoms with Gasteiger partial charge >= 0.3 is 23.9 Å². The fourth-order valence-electron chi connectivity index (χ4n) is 6.28. The van der Waals surface area contributed by atoms with Gasteiger partial charge < -0.3 is 20.4 Å². The van der Waals surface area contributed by atoms with Gasteiger partial charge in [-0.3, -0.25) is 19.2 Å². The summed E-state index contributed by atoms with van der Waals surface area (Å²) in [6, 6.07) is 0. The third kappa shape index (κ3) is 5.36. The zero-order chi connectivity index (χ0) is 26.2. The summed E-state index contributed by atoms with van der Waals surface area (Å²) >= 11 is 0. The third-order valence-electron chi connectivity index (χ3n) is 8.35. The number of rotatable bonds is 10. The van der Waals surface area contributed by atoms with E-state index in [1.165, 1.54) is 0 Å². The summed E-state index contributed by atoms with van der Waals surface area (Å²) in [4.78, 5) is 45.6. The van der Waals surface area contributed by atoms with Crippen LogP contribution in [0.4, 0.5) is 0 Å². The second kappa shape index (κ2) is 12.2. The van der Waals surface area contributed by atoms with Crippen LogP contribution in [0, 0.1) is 28.1 Å². The maximum atomic E-state index is 11.6. The number of carboxylic acids is 4. The molecule has 0 amide bonds. The van der Waals surface area contributed by atoms with Crippen molar-refractivity contribution in [1.82, 2.24) is 0 Å². The molecule has 2 saturated carbocycles. The van der Waals surface area contributed by atoms with Gasteiger partial charge in [-0.05, 0) is 57.3 Å². The van der Waals surface area contributed by atoms with E-state index in [0.717, 1.165) is 12.8 Å². The van der Waals surface area contributed by atoms with Crippen LogP contribution >= 0.6 is 0 Å². The minimum Gasteiger partial charge on any atom is -0.481 e. The van der Waals surface area contributed by atoms with Crippen molar-refractivity contribution in [2.45, 2.75) is 84.5 Å². The highest BCUT2D eigenvalue weighted by atomic mass is 16.4. The second-order valence-corrected chi connectivity index (χ2v) is 9.72. The predicted octanol–water partition coefficient (Wildman–Crippen LogP) is 5.23. The molecule has 0 radical (unpaired) electrons. The second-order valence-electron chi connectivity index (χ2n) is 9.72. The van der Waals surface area contributed by atoms with Crippen LogP contribution < -0.4 is 0 Å². The molecular formula is C26H40O8. The van der Waals surface area contributed by atoms with Crippen molar-refractivity contribution in [3.63, 3.8) is 0 Å². The van der Waals surface area contributed by atoms with Crippen molar-refractivity contribution < 1.29 is 39.6 Å². The Morgan fingerprint density at radius 2 is 1.38 bits per heavy atom. The molecule has 192 valence electrons. The summed E-state index contributed by atoms with van der Waals surface area (Å²) in [5.41, 5.74) is -3.21. The summed E-state index contributed by atoms with van der Waals surface area (Å²) in [5, 5.41) is 37.4. The van der Waals surface area contributed by atoms with Gasteiger partial charge in [-0.15, -0.1) is 13.2 Å². The van der Waals surface area contributed by atoms with E-state index in [1.54, 1.807) is 12.2 Å². The van der Waals surface area contributed by atoms with Crippen LogP contribution in [-0.2, 0) is 19.2 Å². The quantitative estimate of drug-likeness (QED) is 0.245. The van der Waals surface area contributed by atoms with E-state index in [4.69, 9.17) is 5.11 Å². The monoisotopic (exact) mass is 480 g/mol. The SMILES string of the molecule is C=CCC1(CC=C)CCCCC1(C(=O)O)C(=O)O.CC[C@@H]1CC(C(=O)O)CC[C@@]1(CC)C(=O)O. The molecule has 2 rings (SSSR count). The molecule has 0 saturated heterocycles. The Balaban J connectivity index is 0.000000342. The molecule has 3 atom stereocenters. The molecule has 0 aromatic heterocycles. The molecule has 0 heterocycles. The van der Waals surface area contributed by atoms with Crippen molar-refractivity contribution in [3.05, 3.63) is 25.3 Å². The highest BCUT2D eigenvalue weighted by Crippen LogP contribution is 2.56. The fraction of sp³-hybridized carbons (Fsp3) is 0.692. The lowest BCUT2D eigenvalue weighted by molar-refractivity contribution is -0.181. The zero-order valence-electron chi connectivity index (χ0n) is 20.4. The third-order valence-corrected chi connectivity index (χ3v) is 8.35. The molecule has 4 N–H and O–H groups in total. The van der Waals surface area contributed by atoms with E-state index in [2.05, 4.69) is 13.2 Å². The number of carbonyl (C=O) groups is 4. The predicted molar refractivity (Wildman–Crippen MR) is 127 cm³/mol. The van der Waals surface area contributed by atoms with Gasteiger partial charge in [-0.2, -0.15) is 0 Å². The Labute approximate surface area is 201 Å². The molecule has 2 aliphatic rings. The van der Waals surface area contributed by atoms with E-state index in [-0.39, 0.29) is 18.3 Å². The van der Waals surface area contributed by atoms with E-state index in [0.29, 0.717) is 51.4 Å². The van der Waals surface area contributed by atoms with Gasteiger partial charge in [0.15, 0.2) is 5.41 Å². The topological polar surface area (TPSA) is 149 Å². The Hall–Kier alpha value is -2.64. The number of hydrogen-bond donors (Lipinski definition) is 4. The van der Waals surface area contributed by atoms with Gasteiger partial charge in [0.05, 0.1) is 11.3 Å². The lowest BCUT2D eigenvalue weighted by Gasteiger charge is -2.48. The van der Waals surface area contributed by atoms with E-state index < -0.39 is 40.1 Å². The smallest absolute Gasteiger partial charge is 0.321 e. The van der Waals surface area contributed by atoms with Crippen LogP contribution in [0.1, 0.15) is 84.5 Å². The highest BCUT2D eigenvalue weighted by Gasteiger charge is 2.61. The molecule has 8 heteroatoms. The van der Waals surface area contributed by atoms with Gasteiger partial charge in [-0.1, -0.05) is 45.3 Å². The first-order chi connectivity index (χ1) is 15.9. The first-order valence-corrected chi connectivity index (χ1v) is 12.1. The van der Waals surface area contributed by atoms with Crippen LogP contribution in [0.15, 0.2) is 25.3 Å². The van der Waals surface area contributed by atoms with E-state index in [9.17, 15) is 34.5 Å². The summed E-state index contributed by atoms with van der Waals surface area (Å²) in [5.74, 6) is -4.38. The van der Waals surface area contributed by atoms with Crippen LogP contribution in [0.5, 0.6) is 0 Å². The standard InChI is InChI=1S/C14H20O4.C12H20O4/c1-3-7-13(8-4-2)9-5-6-10-14(13,11(15)16)12(17)18;1-3-9-7-8(10(13)14)5-6-12(9,4-2)11(15)16/h3-4H,1-2,5-10H2,(H,15,16)(H,17,18);8-9H,3-7H2,1-2H3,(H,13,14)(H,15,16)/t;8?,9-,12-/m.1/s1. The number of hydrogen-bond acceptors (Lipinski definition) is 4. The summed E-state index contributed by atoms with van der Waals surface area (Å²) in [7, 11) is 0. The molecule has 1 unspecified atom stereocenters. The normalized spacial score (nSPS) is 27.4. The van der Waals surface area contributed by atoms with Crippen LogP contribution in [0.25, 0.3) is 0 Å². The largest absolute Gasteiger partial charge is 0.481 e. The van der Waals surface area contributed by atoms with Crippen molar-refractivity contribution in [1.29, 1.82) is 0 Å². The minimum absolute atomic E-state index is 0.00940. The molecule has 8 nitrogen and oxygen atoms in total. The molecule has 34 heavy (non-hydrogen) atoms. The lowest BCUT2D eigenvalue weighted by atomic mass is 9.53. The van der Waals surface area contributed by atoms with E-state index >= 15 is 0 Å². The fourth-order valence-corrected chi connectivity index (χ4v) is 6.28. The molecule has 0 aromatic rings. The summed E-state index contributed by atoms with van der Waals surface area (Å²) in [6.07, 6.45) is 9.09. The van der Waals surface area contributed by atoms with Crippen LogP contribution in [0.2, 0.25) is 0 Å². The molecule has 0 aliphatic heterocycles.